The highest BCUT2D eigenvalue weighted by Gasteiger charge is 1.94. The largest absolute Gasteiger partial charge is 0.373 e. The van der Waals surface area contributed by atoms with Crippen LogP contribution in [0.1, 0.15) is 52.0 Å². The molecule has 0 atom stereocenters. The van der Waals surface area contributed by atoms with Gasteiger partial charge in [-0.05, 0) is 52.0 Å². The number of hydrogen-bond acceptors (Lipinski definition) is 1. The first-order valence-electron chi connectivity index (χ1n) is 8.76. The molecule has 24 heavy (non-hydrogen) atoms. The number of halogens is 1. The van der Waals surface area contributed by atoms with Gasteiger partial charge in [-0.15, -0.1) is 0 Å². The van der Waals surface area contributed by atoms with E-state index < -0.39 is 0 Å². The quantitative estimate of drug-likeness (QED) is 0.224. The Morgan fingerprint density at radius 3 is 2.08 bits per heavy atom. The lowest BCUT2D eigenvalue weighted by Gasteiger charge is -2.04. The van der Waals surface area contributed by atoms with Crippen LogP contribution in [0.25, 0.3) is 0 Å². The molecule has 0 saturated carbocycles. The summed E-state index contributed by atoms with van der Waals surface area (Å²) in [5, 5.41) is 0.978. The zero-order chi connectivity index (χ0) is 17.6. The summed E-state index contributed by atoms with van der Waals surface area (Å²) in [5.74, 6) is 0. The van der Waals surface area contributed by atoms with Crippen molar-refractivity contribution < 1.29 is 4.74 Å². The van der Waals surface area contributed by atoms with Crippen molar-refractivity contribution in [3.05, 3.63) is 70.8 Å². The molecule has 0 heterocycles. The Bertz CT molecular complexity index is 540. The third kappa shape index (κ3) is 10.6. The van der Waals surface area contributed by atoms with Gasteiger partial charge >= 0.3 is 0 Å². The Kier molecular flexibility index (Phi) is 11.5. The Labute approximate surface area is 156 Å². The van der Waals surface area contributed by atoms with Gasteiger partial charge in [0, 0.05) is 5.33 Å². The summed E-state index contributed by atoms with van der Waals surface area (Å²) in [6.07, 6.45) is 11.4. The first kappa shape index (κ1) is 20.9. The average Bonchev–Trinajstić information content (AvgIpc) is 2.59. The maximum absolute atomic E-state index is 5.70. The second kappa shape index (κ2) is 13.2. The highest BCUT2D eigenvalue weighted by molar-refractivity contribution is 9.09. The zero-order valence-corrected chi connectivity index (χ0v) is 16.9. The summed E-state index contributed by atoms with van der Waals surface area (Å²) in [6.45, 7) is 7.98. The number of benzene rings is 1. The summed E-state index contributed by atoms with van der Waals surface area (Å²) in [7, 11) is 0. The molecule has 0 fully saturated rings. The SMILES string of the molecule is CC(=CCCC(C)=CCCC(C)=CCOCc1ccccc1)CBr. The van der Waals surface area contributed by atoms with Crippen LogP contribution < -0.4 is 0 Å². The predicted molar refractivity (Wildman–Crippen MR) is 110 cm³/mol. The van der Waals surface area contributed by atoms with Crippen molar-refractivity contribution in [3.8, 4) is 0 Å². The van der Waals surface area contributed by atoms with Gasteiger partial charge in [0.05, 0.1) is 13.2 Å². The van der Waals surface area contributed by atoms with Crippen LogP contribution in [0.5, 0.6) is 0 Å². The van der Waals surface area contributed by atoms with E-state index in [1.807, 2.05) is 18.2 Å². The number of alkyl halides is 1. The molecular formula is C22H31BrO. The number of ether oxygens (including phenoxy) is 1. The fourth-order valence-corrected chi connectivity index (χ4v) is 2.53. The van der Waals surface area contributed by atoms with E-state index in [1.54, 1.807) is 0 Å². The molecule has 0 bridgehead atoms. The molecule has 1 nitrogen and oxygen atoms in total. The van der Waals surface area contributed by atoms with Crippen molar-refractivity contribution in [2.75, 3.05) is 11.9 Å². The summed E-state index contributed by atoms with van der Waals surface area (Å²) in [5.41, 5.74) is 5.53. The van der Waals surface area contributed by atoms with Gasteiger partial charge in [-0.2, -0.15) is 0 Å². The van der Waals surface area contributed by atoms with Crippen LogP contribution in [0, 0.1) is 0 Å². The van der Waals surface area contributed by atoms with E-state index in [2.05, 4.69) is 67.1 Å². The molecule has 1 aromatic carbocycles. The van der Waals surface area contributed by atoms with Gasteiger partial charge in [0.25, 0.3) is 0 Å². The minimum atomic E-state index is 0.685. The van der Waals surface area contributed by atoms with Gasteiger partial charge in [0.1, 0.15) is 0 Å². The van der Waals surface area contributed by atoms with Crippen molar-refractivity contribution in [1.82, 2.24) is 0 Å². The van der Waals surface area contributed by atoms with Crippen LogP contribution in [0.3, 0.4) is 0 Å². The summed E-state index contributed by atoms with van der Waals surface area (Å²) in [6, 6.07) is 10.3. The highest BCUT2D eigenvalue weighted by atomic mass is 79.9. The van der Waals surface area contributed by atoms with E-state index in [-0.39, 0.29) is 0 Å². The van der Waals surface area contributed by atoms with Gasteiger partial charge < -0.3 is 4.74 Å². The molecule has 0 spiro atoms. The van der Waals surface area contributed by atoms with E-state index in [4.69, 9.17) is 4.74 Å². The number of hydrogen-bond donors (Lipinski definition) is 0. The minimum Gasteiger partial charge on any atom is -0.373 e. The molecule has 0 N–H and O–H groups in total. The lowest BCUT2D eigenvalue weighted by Crippen LogP contribution is -1.93. The molecule has 1 rings (SSSR count). The molecule has 0 aromatic heterocycles. The summed E-state index contributed by atoms with van der Waals surface area (Å²) < 4.78 is 5.70. The topological polar surface area (TPSA) is 9.23 Å². The fraction of sp³-hybridized carbons (Fsp3) is 0.455. The van der Waals surface area contributed by atoms with E-state index in [0.717, 1.165) is 31.0 Å². The molecule has 0 radical (unpaired) electrons. The Balaban J connectivity index is 2.17. The van der Waals surface area contributed by atoms with Gasteiger partial charge in [-0.1, -0.05) is 81.2 Å². The van der Waals surface area contributed by atoms with E-state index >= 15 is 0 Å². The summed E-state index contributed by atoms with van der Waals surface area (Å²) in [4.78, 5) is 0. The molecular weight excluding hydrogens is 360 g/mol. The standard InChI is InChI=1S/C22H31BrO/c1-19(10-8-12-21(3)17-23)9-7-11-20(2)15-16-24-18-22-13-5-4-6-14-22/h4-6,9,12-15H,7-8,10-11,16-18H2,1-3H3. The lowest BCUT2D eigenvalue weighted by atomic mass is 10.1. The molecule has 0 unspecified atom stereocenters. The van der Waals surface area contributed by atoms with Gasteiger partial charge in [0.15, 0.2) is 0 Å². The van der Waals surface area contributed by atoms with Gasteiger partial charge in [-0.25, -0.2) is 0 Å². The third-order valence-electron chi connectivity index (χ3n) is 3.93. The summed E-state index contributed by atoms with van der Waals surface area (Å²) >= 11 is 3.48. The number of rotatable bonds is 11. The highest BCUT2D eigenvalue weighted by Crippen LogP contribution is 2.12. The monoisotopic (exact) mass is 390 g/mol. The smallest absolute Gasteiger partial charge is 0.0721 e. The van der Waals surface area contributed by atoms with E-state index in [0.29, 0.717) is 13.2 Å². The second-order valence-corrected chi connectivity index (χ2v) is 6.92. The zero-order valence-electron chi connectivity index (χ0n) is 15.4. The van der Waals surface area contributed by atoms with Gasteiger partial charge in [0.2, 0.25) is 0 Å². The van der Waals surface area contributed by atoms with E-state index in [1.165, 1.54) is 22.3 Å². The Morgan fingerprint density at radius 1 is 0.875 bits per heavy atom. The van der Waals surface area contributed by atoms with Crippen molar-refractivity contribution in [1.29, 1.82) is 0 Å². The van der Waals surface area contributed by atoms with Crippen LogP contribution >= 0.6 is 15.9 Å². The molecule has 132 valence electrons. The van der Waals surface area contributed by atoms with Crippen LogP contribution in [-0.4, -0.2) is 11.9 Å². The van der Waals surface area contributed by atoms with Crippen molar-refractivity contribution in [3.63, 3.8) is 0 Å². The van der Waals surface area contributed by atoms with Crippen molar-refractivity contribution >= 4 is 15.9 Å². The lowest BCUT2D eigenvalue weighted by molar-refractivity contribution is 0.148. The molecule has 0 aliphatic rings. The second-order valence-electron chi connectivity index (χ2n) is 6.36. The third-order valence-corrected chi connectivity index (χ3v) is 4.82. The minimum absolute atomic E-state index is 0.685. The molecule has 1 aromatic rings. The van der Waals surface area contributed by atoms with Crippen LogP contribution in [0.15, 0.2) is 65.3 Å². The molecule has 0 aliphatic heterocycles. The first-order valence-corrected chi connectivity index (χ1v) is 9.88. The Morgan fingerprint density at radius 2 is 1.46 bits per heavy atom. The van der Waals surface area contributed by atoms with Crippen LogP contribution in [0.2, 0.25) is 0 Å². The maximum Gasteiger partial charge on any atom is 0.0721 e. The van der Waals surface area contributed by atoms with Crippen LogP contribution in [0.4, 0.5) is 0 Å². The normalized spacial score (nSPS) is 13.4. The molecule has 2 heteroatoms. The van der Waals surface area contributed by atoms with Crippen molar-refractivity contribution in [2.45, 2.75) is 53.1 Å². The van der Waals surface area contributed by atoms with Crippen molar-refractivity contribution in [2.24, 2.45) is 0 Å². The molecule has 0 saturated heterocycles. The Hall–Kier alpha value is -1.12. The number of allylic oxidation sites excluding steroid dienone is 5. The van der Waals surface area contributed by atoms with Crippen LogP contribution in [-0.2, 0) is 11.3 Å². The van der Waals surface area contributed by atoms with E-state index in [9.17, 15) is 0 Å². The predicted octanol–water partition coefficient (Wildman–Crippen LogP) is 7.00. The molecule has 0 aliphatic carbocycles. The first-order chi connectivity index (χ1) is 11.6. The molecule has 0 amide bonds. The average molecular weight is 391 g/mol. The maximum atomic E-state index is 5.70. The van der Waals surface area contributed by atoms with Gasteiger partial charge in [-0.3, -0.25) is 0 Å². The fourth-order valence-electron chi connectivity index (χ4n) is 2.30.